The molecule has 38 heavy (non-hydrogen) atoms. The number of carboxylic acid groups (broad SMARTS) is 1. The Morgan fingerprint density at radius 3 is 2.24 bits per heavy atom. The lowest BCUT2D eigenvalue weighted by Crippen LogP contribution is -2.30. The van der Waals surface area contributed by atoms with Crippen LogP contribution in [0.5, 0.6) is 11.5 Å². The van der Waals surface area contributed by atoms with Crippen molar-refractivity contribution in [1.29, 1.82) is 0 Å². The number of amides is 1. The van der Waals surface area contributed by atoms with E-state index < -0.39 is 24.3 Å². The maximum absolute atomic E-state index is 13.5. The van der Waals surface area contributed by atoms with Gasteiger partial charge in [0.1, 0.15) is 18.1 Å². The first-order valence-corrected chi connectivity index (χ1v) is 12.2. The summed E-state index contributed by atoms with van der Waals surface area (Å²) in [7, 11) is 0. The van der Waals surface area contributed by atoms with Crippen molar-refractivity contribution in [3.8, 4) is 11.5 Å². The van der Waals surface area contributed by atoms with Crippen LogP contribution in [0.25, 0.3) is 0 Å². The number of hydrogen-bond acceptors (Lipinski definition) is 4. The standard InChI is InChI=1S/C29H30F3NO5/c1-19(2)16-26(22-10-13-24(14-11-22)38-29(30,31)32)33-28(36)25-17-20(8-9-21(25)12-15-27(34)35)18-37-23-6-4-3-5-7-23/h3-11,13-14,17,19,26H,12,15-16,18H2,1-2H3,(H,33,36)(H,34,35). The lowest BCUT2D eigenvalue weighted by atomic mass is 9.95. The molecule has 202 valence electrons. The Morgan fingerprint density at radius 2 is 1.63 bits per heavy atom. The van der Waals surface area contributed by atoms with Gasteiger partial charge in [0.25, 0.3) is 5.91 Å². The molecule has 0 bridgehead atoms. The maximum atomic E-state index is 13.5. The van der Waals surface area contributed by atoms with Crippen molar-refractivity contribution in [2.45, 2.75) is 52.1 Å². The maximum Gasteiger partial charge on any atom is 0.573 e. The molecule has 9 heteroatoms. The summed E-state index contributed by atoms with van der Waals surface area (Å²) >= 11 is 0. The molecular weight excluding hydrogens is 499 g/mol. The predicted octanol–water partition coefficient (Wildman–Crippen LogP) is 6.70. The fraction of sp³-hybridized carbons (Fsp3) is 0.310. The Hall–Kier alpha value is -4.01. The van der Waals surface area contributed by atoms with Gasteiger partial charge < -0.3 is 19.9 Å². The number of nitrogens with one attached hydrogen (secondary N) is 1. The van der Waals surface area contributed by atoms with Gasteiger partial charge in [0, 0.05) is 12.0 Å². The molecule has 0 aliphatic rings. The second kappa shape index (κ2) is 13.0. The lowest BCUT2D eigenvalue weighted by molar-refractivity contribution is -0.274. The molecule has 0 saturated carbocycles. The van der Waals surface area contributed by atoms with E-state index in [9.17, 15) is 22.8 Å². The third kappa shape index (κ3) is 9.14. The zero-order chi connectivity index (χ0) is 27.7. The molecule has 0 fully saturated rings. The Bertz CT molecular complexity index is 1210. The van der Waals surface area contributed by atoms with E-state index in [4.69, 9.17) is 9.84 Å². The van der Waals surface area contributed by atoms with Gasteiger partial charge in [-0.3, -0.25) is 9.59 Å². The van der Waals surface area contributed by atoms with Crippen LogP contribution >= 0.6 is 0 Å². The van der Waals surface area contributed by atoms with Crippen LogP contribution in [0.1, 0.15) is 59.8 Å². The van der Waals surface area contributed by atoms with Gasteiger partial charge in [-0.05, 0) is 65.8 Å². The van der Waals surface area contributed by atoms with Gasteiger partial charge in [0.2, 0.25) is 0 Å². The summed E-state index contributed by atoms with van der Waals surface area (Å²) in [6.07, 6.45) is -4.24. The van der Waals surface area contributed by atoms with E-state index in [1.54, 1.807) is 18.2 Å². The highest BCUT2D eigenvalue weighted by Crippen LogP contribution is 2.28. The highest BCUT2D eigenvalue weighted by atomic mass is 19.4. The van der Waals surface area contributed by atoms with Crippen molar-refractivity contribution in [3.63, 3.8) is 0 Å². The number of rotatable bonds is 12. The molecule has 0 spiro atoms. The minimum Gasteiger partial charge on any atom is -0.489 e. The number of carboxylic acids is 1. The van der Waals surface area contributed by atoms with E-state index in [1.165, 1.54) is 24.3 Å². The molecule has 3 rings (SSSR count). The number of halogens is 3. The summed E-state index contributed by atoms with van der Waals surface area (Å²) < 4.78 is 47.4. The summed E-state index contributed by atoms with van der Waals surface area (Å²) in [4.78, 5) is 24.7. The van der Waals surface area contributed by atoms with Gasteiger partial charge in [-0.25, -0.2) is 0 Å². The fourth-order valence-electron chi connectivity index (χ4n) is 3.96. The van der Waals surface area contributed by atoms with Gasteiger partial charge >= 0.3 is 12.3 Å². The van der Waals surface area contributed by atoms with E-state index in [-0.39, 0.29) is 31.1 Å². The highest BCUT2D eigenvalue weighted by Gasteiger charge is 2.31. The Balaban J connectivity index is 1.84. The predicted molar refractivity (Wildman–Crippen MR) is 136 cm³/mol. The van der Waals surface area contributed by atoms with Crippen molar-refractivity contribution in [1.82, 2.24) is 5.32 Å². The van der Waals surface area contributed by atoms with Crippen LogP contribution in [-0.2, 0) is 17.8 Å². The number of aryl methyl sites for hydroxylation is 1. The van der Waals surface area contributed by atoms with Crippen LogP contribution in [-0.4, -0.2) is 23.3 Å². The number of alkyl halides is 3. The Kier molecular flexibility index (Phi) is 9.76. The van der Waals surface area contributed by atoms with Crippen LogP contribution in [0, 0.1) is 5.92 Å². The van der Waals surface area contributed by atoms with E-state index in [1.807, 2.05) is 44.2 Å². The minimum atomic E-state index is -4.80. The summed E-state index contributed by atoms with van der Waals surface area (Å²) in [5.41, 5.74) is 2.25. The third-order valence-corrected chi connectivity index (χ3v) is 5.70. The Morgan fingerprint density at radius 1 is 0.947 bits per heavy atom. The number of para-hydroxylation sites is 1. The van der Waals surface area contributed by atoms with E-state index in [0.29, 0.717) is 28.9 Å². The summed E-state index contributed by atoms with van der Waals surface area (Å²) in [6, 6.07) is 19.3. The molecule has 1 atom stereocenters. The van der Waals surface area contributed by atoms with E-state index in [2.05, 4.69) is 10.1 Å². The molecule has 1 unspecified atom stereocenters. The molecule has 3 aromatic rings. The summed E-state index contributed by atoms with van der Waals surface area (Å²) in [6.45, 7) is 4.15. The molecule has 1 amide bonds. The number of hydrogen-bond donors (Lipinski definition) is 2. The lowest BCUT2D eigenvalue weighted by Gasteiger charge is -2.23. The SMILES string of the molecule is CC(C)CC(NC(=O)c1cc(COc2ccccc2)ccc1CCC(=O)O)c1ccc(OC(F)(F)F)cc1. The van der Waals surface area contributed by atoms with Crippen molar-refractivity contribution < 1.29 is 37.3 Å². The zero-order valence-electron chi connectivity index (χ0n) is 21.1. The van der Waals surface area contributed by atoms with Crippen LogP contribution in [0.4, 0.5) is 13.2 Å². The van der Waals surface area contributed by atoms with E-state index in [0.717, 1.165) is 5.56 Å². The second-order valence-electron chi connectivity index (χ2n) is 9.26. The first-order valence-electron chi connectivity index (χ1n) is 12.2. The number of carbonyl (C=O) groups excluding carboxylic acids is 1. The smallest absolute Gasteiger partial charge is 0.489 e. The number of ether oxygens (including phenoxy) is 2. The van der Waals surface area contributed by atoms with Gasteiger partial charge in [-0.2, -0.15) is 0 Å². The molecule has 3 aromatic carbocycles. The number of carbonyl (C=O) groups is 2. The largest absolute Gasteiger partial charge is 0.573 e. The highest BCUT2D eigenvalue weighted by molar-refractivity contribution is 5.96. The molecule has 0 aliphatic carbocycles. The van der Waals surface area contributed by atoms with Crippen LogP contribution in [0.15, 0.2) is 72.8 Å². The average Bonchev–Trinajstić information content (AvgIpc) is 2.86. The topological polar surface area (TPSA) is 84.9 Å². The van der Waals surface area contributed by atoms with Crippen molar-refractivity contribution >= 4 is 11.9 Å². The Labute approximate surface area is 219 Å². The van der Waals surface area contributed by atoms with Crippen molar-refractivity contribution in [2.75, 3.05) is 0 Å². The molecule has 0 radical (unpaired) electrons. The van der Waals surface area contributed by atoms with Gasteiger partial charge in [-0.15, -0.1) is 13.2 Å². The van der Waals surface area contributed by atoms with Crippen LogP contribution in [0.3, 0.4) is 0 Å². The fourth-order valence-corrected chi connectivity index (χ4v) is 3.96. The summed E-state index contributed by atoms with van der Waals surface area (Å²) in [5.74, 6) is -0.898. The third-order valence-electron chi connectivity index (χ3n) is 5.70. The molecule has 0 aromatic heterocycles. The molecular formula is C29H30F3NO5. The normalized spacial score (nSPS) is 12.2. The van der Waals surface area contributed by atoms with Crippen LogP contribution in [0.2, 0.25) is 0 Å². The quantitative estimate of drug-likeness (QED) is 0.273. The first kappa shape index (κ1) is 28.6. The minimum absolute atomic E-state index is 0.143. The van der Waals surface area contributed by atoms with Gasteiger partial charge in [-0.1, -0.05) is 56.3 Å². The molecule has 2 N–H and O–H groups in total. The first-order chi connectivity index (χ1) is 18.0. The van der Waals surface area contributed by atoms with E-state index >= 15 is 0 Å². The summed E-state index contributed by atoms with van der Waals surface area (Å²) in [5, 5.41) is 12.1. The van der Waals surface area contributed by atoms with Gasteiger partial charge in [0.05, 0.1) is 6.04 Å². The average molecular weight is 530 g/mol. The van der Waals surface area contributed by atoms with Gasteiger partial charge in [0.15, 0.2) is 0 Å². The number of benzene rings is 3. The van der Waals surface area contributed by atoms with Crippen molar-refractivity contribution in [2.24, 2.45) is 5.92 Å². The molecule has 6 nitrogen and oxygen atoms in total. The monoisotopic (exact) mass is 529 g/mol. The zero-order valence-corrected chi connectivity index (χ0v) is 21.1. The number of aliphatic carboxylic acids is 1. The molecule has 0 aliphatic heterocycles. The molecule has 0 heterocycles. The van der Waals surface area contributed by atoms with Crippen LogP contribution < -0.4 is 14.8 Å². The second-order valence-corrected chi connectivity index (χ2v) is 9.26. The van der Waals surface area contributed by atoms with Crippen molar-refractivity contribution in [3.05, 3.63) is 95.1 Å². The molecule has 0 saturated heterocycles.